The Kier molecular flexibility index (Phi) is 4.26. The van der Waals surface area contributed by atoms with Gasteiger partial charge in [0.05, 0.1) is 0 Å². The minimum Gasteiger partial charge on any atom is -0.508 e. The second kappa shape index (κ2) is 6.36. The maximum atomic E-state index is 12.6. The molecule has 0 saturated heterocycles. The molecule has 0 aliphatic heterocycles. The van der Waals surface area contributed by atoms with Gasteiger partial charge in [0.25, 0.3) is 5.91 Å². The van der Waals surface area contributed by atoms with E-state index in [9.17, 15) is 9.90 Å². The third-order valence-electron chi connectivity index (χ3n) is 4.26. The molecule has 0 spiro atoms. The number of phenolic OH excluding ortho intramolecular Hbond substituents is 1. The number of hydrogen-bond donors (Lipinski definition) is 2. The molecule has 3 aromatic rings. The SMILES string of the molecule is Cc1cc(O)c(C(C)C)cc1NC(=O)c1ccc2ccccc2c1. The van der Waals surface area contributed by atoms with Gasteiger partial charge in [0.2, 0.25) is 0 Å². The molecule has 24 heavy (non-hydrogen) atoms. The highest BCUT2D eigenvalue weighted by molar-refractivity contribution is 6.06. The average molecular weight is 319 g/mol. The van der Waals surface area contributed by atoms with Crippen LogP contribution in [0.15, 0.2) is 54.6 Å². The maximum Gasteiger partial charge on any atom is 0.255 e. The van der Waals surface area contributed by atoms with Crippen molar-refractivity contribution in [3.8, 4) is 5.75 Å². The van der Waals surface area contributed by atoms with Crippen molar-refractivity contribution in [2.75, 3.05) is 5.32 Å². The molecule has 3 rings (SSSR count). The van der Waals surface area contributed by atoms with Crippen molar-refractivity contribution in [3.05, 3.63) is 71.3 Å². The van der Waals surface area contributed by atoms with Gasteiger partial charge in [-0.3, -0.25) is 4.79 Å². The summed E-state index contributed by atoms with van der Waals surface area (Å²) in [6, 6.07) is 17.2. The number of benzene rings is 3. The van der Waals surface area contributed by atoms with Gasteiger partial charge in [0, 0.05) is 11.3 Å². The first-order valence-electron chi connectivity index (χ1n) is 8.09. The lowest BCUT2D eigenvalue weighted by Crippen LogP contribution is -2.13. The van der Waals surface area contributed by atoms with Gasteiger partial charge < -0.3 is 10.4 Å². The van der Waals surface area contributed by atoms with Crippen molar-refractivity contribution in [1.82, 2.24) is 0 Å². The minimum absolute atomic E-state index is 0.149. The summed E-state index contributed by atoms with van der Waals surface area (Å²) in [6.45, 7) is 5.90. The van der Waals surface area contributed by atoms with Crippen LogP contribution in [0.4, 0.5) is 5.69 Å². The second-order valence-electron chi connectivity index (χ2n) is 6.40. The predicted octanol–water partition coefficient (Wildman–Crippen LogP) is 5.23. The van der Waals surface area contributed by atoms with Crippen LogP contribution in [0.5, 0.6) is 5.75 Å². The second-order valence-corrected chi connectivity index (χ2v) is 6.40. The van der Waals surface area contributed by atoms with Crippen molar-refractivity contribution in [2.24, 2.45) is 0 Å². The number of carbonyl (C=O) groups excluding carboxylic acids is 1. The number of hydrogen-bond acceptors (Lipinski definition) is 2. The molecule has 0 aromatic heterocycles. The summed E-state index contributed by atoms with van der Waals surface area (Å²) in [7, 11) is 0. The number of amides is 1. The van der Waals surface area contributed by atoms with Crippen molar-refractivity contribution in [2.45, 2.75) is 26.7 Å². The molecule has 0 radical (unpaired) electrons. The summed E-state index contributed by atoms with van der Waals surface area (Å²) in [6.07, 6.45) is 0. The van der Waals surface area contributed by atoms with E-state index in [4.69, 9.17) is 0 Å². The van der Waals surface area contributed by atoms with Gasteiger partial charge in [-0.25, -0.2) is 0 Å². The summed E-state index contributed by atoms with van der Waals surface area (Å²) >= 11 is 0. The van der Waals surface area contributed by atoms with Gasteiger partial charge >= 0.3 is 0 Å². The van der Waals surface area contributed by atoms with E-state index >= 15 is 0 Å². The van der Waals surface area contributed by atoms with Crippen LogP contribution in [0.25, 0.3) is 10.8 Å². The third kappa shape index (κ3) is 3.11. The lowest BCUT2D eigenvalue weighted by Gasteiger charge is -2.14. The van der Waals surface area contributed by atoms with Gasteiger partial charge in [-0.15, -0.1) is 0 Å². The van der Waals surface area contributed by atoms with E-state index in [0.29, 0.717) is 5.56 Å². The van der Waals surface area contributed by atoms with E-state index in [2.05, 4.69) is 5.32 Å². The third-order valence-corrected chi connectivity index (χ3v) is 4.26. The minimum atomic E-state index is -0.149. The summed E-state index contributed by atoms with van der Waals surface area (Å²) < 4.78 is 0. The van der Waals surface area contributed by atoms with Crippen LogP contribution in [0, 0.1) is 6.92 Å². The lowest BCUT2D eigenvalue weighted by molar-refractivity contribution is 0.102. The van der Waals surface area contributed by atoms with Gasteiger partial charge in [-0.2, -0.15) is 0 Å². The number of rotatable bonds is 3. The number of anilines is 1. The van der Waals surface area contributed by atoms with Crippen molar-refractivity contribution in [1.29, 1.82) is 0 Å². The standard InChI is InChI=1S/C21H21NO2/c1-13(2)18-12-19(14(3)10-20(18)23)22-21(24)17-9-8-15-6-4-5-7-16(15)11-17/h4-13,23H,1-3H3,(H,22,24). The highest BCUT2D eigenvalue weighted by Crippen LogP contribution is 2.31. The van der Waals surface area contributed by atoms with Crippen LogP contribution in [-0.2, 0) is 0 Å². The molecule has 0 unspecified atom stereocenters. The molecule has 0 aliphatic carbocycles. The fourth-order valence-electron chi connectivity index (χ4n) is 2.83. The molecule has 2 N–H and O–H groups in total. The number of aromatic hydroxyl groups is 1. The Morgan fingerprint density at radius 1 is 1.00 bits per heavy atom. The molecular formula is C21H21NO2. The highest BCUT2D eigenvalue weighted by atomic mass is 16.3. The Labute approximate surface area is 142 Å². The van der Waals surface area contributed by atoms with Gasteiger partial charge in [-0.1, -0.05) is 44.2 Å². The fourth-order valence-corrected chi connectivity index (χ4v) is 2.83. The van der Waals surface area contributed by atoms with E-state index in [1.165, 1.54) is 0 Å². The Bertz CT molecular complexity index is 913. The molecule has 122 valence electrons. The lowest BCUT2D eigenvalue weighted by atomic mass is 9.99. The molecule has 0 bridgehead atoms. The van der Waals surface area contributed by atoms with Crippen LogP contribution in [0.3, 0.4) is 0 Å². The largest absolute Gasteiger partial charge is 0.508 e. The number of nitrogens with one attached hydrogen (secondary N) is 1. The fraction of sp³-hybridized carbons (Fsp3) is 0.190. The quantitative estimate of drug-likeness (QED) is 0.649. The number of aryl methyl sites for hydroxylation is 1. The molecule has 0 fully saturated rings. The molecule has 3 aromatic carbocycles. The monoisotopic (exact) mass is 319 g/mol. The van der Waals surface area contributed by atoms with E-state index in [-0.39, 0.29) is 17.6 Å². The van der Waals surface area contributed by atoms with Crippen LogP contribution >= 0.6 is 0 Å². The van der Waals surface area contributed by atoms with Gasteiger partial charge in [0.15, 0.2) is 0 Å². The number of carbonyl (C=O) groups is 1. The molecule has 3 nitrogen and oxygen atoms in total. The topological polar surface area (TPSA) is 49.3 Å². The smallest absolute Gasteiger partial charge is 0.255 e. The molecule has 1 amide bonds. The zero-order valence-corrected chi connectivity index (χ0v) is 14.1. The van der Waals surface area contributed by atoms with Crippen LogP contribution < -0.4 is 5.32 Å². The zero-order valence-electron chi connectivity index (χ0n) is 14.1. The van der Waals surface area contributed by atoms with Crippen LogP contribution in [0.1, 0.15) is 41.3 Å². The Morgan fingerprint density at radius 3 is 2.42 bits per heavy atom. The summed E-state index contributed by atoms with van der Waals surface area (Å²) in [4.78, 5) is 12.6. The molecule has 0 heterocycles. The predicted molar refractivity (Wildman–Crippen MR) is 98.8 cm³/mol. The summed E-state index contributed by atoms with van der Waals surface area (Å²) in [5.74, 6) is 0.303. The Morgan fingerprint density at radius 2 is 1.71 bits per heavy atom. The first-order chi connectivity index (χ1) is 11.5. The van der Waals surface area contributed by atoms with E-state index in [0.717, 1.165) is 27.6 Å². The first kappa shape index (κ1) is 16.1. The molecule has 3 heteroatoms. The van der Waals surface area contributed by atoms with Crippen LogP contribution in [-0.4, -0.2) is 11.0 Å². The molecule has 0 saturated carbocycles. The zero-order chi connectivity index (χ0) is 17.3. The highest BCUT2D eigenvalue weighted by Gasteiger charge is 2.13. The Hall–Kier alpha value is -2.81. The normalized spacial score (nSPS) is 11.0. The van der Waals surface area contributed by atoms with Crippen molar-refractivity contribution >= 4 is 22.4 Å². The molecule has 0 atom stereocenters. The number of phenols is 1. The summed E-state index contributed by atoms with van der Waals surface area (Å²) in [5.41, 5.74) is 3.02. The molecule has 0 aliphatic rings. The first-order valence-corrected chi connectivity index (χ1v) is 8.09. The van der Waals surface area contributed by atoms with E-state index < -0.39 is 0 Å². The number of fused-ring (bicyclic) bond motifs is 1. The average Bonchev–Trinajstić information content (AvgIpc) is 2.56. The van der Waals surface area contributed by atoms with Crippen molar-refractivity contribution in [3.63, 3.8) is 0 Å². The maximum absolute atomic E-state index is 12.6. The van der Waals surface area contributed by atoms with Gasteiger partial charge in [0.1, 0.15) is 5.75 Å². The van der Waals surface area contributed by atoms with Gasteiger partial charge in [-0.05, 0) is 59.0 Å². The van der Waals surface area contributed by atoms with Crippen LogP contribution in [0.2, 0.25) is 0 Å². The van der Waals surface area contributed by atoms with Crippen molar-refractivity contribution < 1.29 is 9.90 Å². The Balaban J connectivity index is 1.92. The van der Waals surface area contributed by atoms with E-state index in [1.807, 2.05) is 69.3 Å². The molecular weight excluding hydrogens is 298 g/mol. The van der Waals surface area contributed by atoms with E-state index in [1.54, 1.807) is 6.07 Å². The summed E-state index contributed by atoms with van der Waals surface area (Å²) in [5, 5.41) is 15.2.